The van der Waals surface area contributed by atoms with E-state index >= 15 is 0 Å². The largest absolute Gasteiger partial charge is 0.367 e. The van der Waals surface area contributed by atoms with Crippen LogP contribution in [0.1, 0.15) is 18.3 Å². The molecule has 3 heterocycles. The number of hydrogen-bond donors (Lipinski definition) is 1. The lowest BCUT2D eigenvalue weighted by Crippen LogP contribution is -2.43. The zero-order valence-electron chi connectivity index (χ0n) is 14.4. The molecule has 3 aromatic rings. The molecule has 0 aliphatic carbocycles. The Labute approximate surface area is 152 Å². The Kier molecular flexibility index (Phi) is 4.59. The van der Waals surface area contributed by atoms with E-state index in [1.54, 1.807) is 0 Å². The molecule has 0 atom stereocenters. The Morgan fingerprint density at radius 2 is 1.96 bits per heavy atom. The number of aromatic nitrogens is 3. The highest BCUT2D eigenvalue weighted by Crippen LogP contribution is 2.27. The highest BCUT2D eigenvalue weighted by Gasteiger charge is 2.19. The van der Waals surface area contributed by atoms with Crippen molar-refractivity contribution < 1.29 is 0 Å². The maximum Gasteiger partial charge on any atom is 0.162 e. The third-order valence-electron chi connectivity index (χ3n) is 4.75. The van der Waals surface area contributed by atoms with Crippen LogP contribution in [0, 0.1) is 0 Å². The van der Waals surface area contributed by atoms with Gasteiger partial charge in [0.05, 0.1) is 12.2 Å². The molecule has 1 aliphatic rings. The quantitative estimate of drug-likeness (QED) is 0.781. The Bertz CT molecular complexity index is 883. The minimum atomic E-state index is 0.692. The third kappa shape index (κ3) is 3.10. The molecule has 0 saturated carbocycles. The second kappa shape index (κ2) is 7.02. The summed E-state index contributed by atoms with van der Waals surface area (Å²) in [5, 5.41) is 4.18. The number of piperazine rings is 1. The van der Waals surface area contributed by atoms with Crippen LogP contribution in [-0.4, -0.2) is 40.7 Å². The van der Waals surface area contributed by atoms with E-state index in [2.05, 4.69) is 38.8 Å². The van der Waals surface area contributed by atoms with Gasteiger partial charge in [0.2, 0.25) is 0 Å². The molecule has 1 saturated heterocycles. The molecule has 5 nitrogen and oxygen atoms in total. The zero-order valence-corrected chi connectivity index (χ0v) is 15.1. The number of aryl methyl sites for hydroxylation is 1. The van der Waals surface area contributed by atoms with Crippen molar-refractivity contribution in [2.45, 2.75) is 19.9 Å². The fourth-order valence-corrected chi connectivity index (χ4v) is 3.64. The van der Waals surface area contributed by atoms with Crippen LogP contribution in [0.5, 0.6) is 0 Å². The van der Waals surface area contributed by atoms with Gasteiger partial charge in [-0.25, -0.2) is 9.97 Å². The molecular formula is C19H22ClN5. The topological polar surface area (TPSA) is 46.0 Å². The molecule has 130 valence electrons. The van der Waals surface area contributed by atoms with Crippen LogP contribution in [0.3, 0.4) is 0 Å². The number of nitrogens with zero attached hydrogens (tertiary/aromatic N) is 4. The van der Waals surface area contributed by atoms with E-state index in [0.717, 1.165) is 60.2 Å². The van der Waals surface area contributed by atoms with Crippen molar-refractivity contribution in [3.63, 3.8) is 0 Å². The molecule has 0 radical (unpaired) electrons. The molecule has 1 fully saturated rings. The van der Waals surface area contributed by atoms with E-state index < -0.39 is 0 Å². The summed E-state index contributed by atoms with van der Waals surface area (Å²) in [6, 6.07) is 10.1. The zero-order chi connectivity index (χ0) is 17.2. The lowest BCUT2D eigenvalue weighted by atomic mass is 10.2. The summed E-state index contributed by atoms with van der Waals surface area (Å²) >= 11 is 6.37. The van der Waals surface area contributed by atoms with Gasteiger partial charge in [0.15, 0.2) is 5.65 Å². The molecule has 6 heteroatoms. The van der Waals surface area contributed by atoms with Gasteiger partial charge in [-0.05, 0) is 17.7 Å². The van der Waals surface area contributed by atoms with E-state index in [9.17, 15) is 0 Å². The van der Waals surface area contributed by atoms with Gasteiger partial charge in [0.25, 0.3) is 0 Å². The summed E-state index contributed by atoms with van der Waals surface area (Å²) in [7, 11) is 0. The van der Waals surface area contributed by atoms with Crippen LogP contribution >= 0.6 is 11.6 Å². The molecule has 4 rings (SSSR count). The first kappa shape index (κ1) is 16.4. The predicted octanol–water partition coefficient (Wildman–Crippen LogP) is 3.11. The van der Waals surface area contributed by atoms with Gasteiger partial charge in [0.1, 0.15) is 11.3 Å². The Morgan fingerprint density at radius 3 is 2.72 bits per heavy atom. The van der Waals surface area contributed by atoms with Crippen LogP contribution in [0.15, 0.2) is 36.5 Å². The molecule has 1 aliphatic heterocycles. The van der Waals surface area contributed by atoms with Gasteiger partial charge in [-0.3, -0.25) is 0 Å². The van der Waals surface area contributed by atoms with Crippen LogP contribution < -0.4 is 10.2 Å². The van der Waals surface area contributed by atoms with E-state index in [1.807, 2.05) is 24.4 Å². The molecular weight excluding hydrogens is 334 g/mol. The van der Waals surface area contributed by atoms with Crippen molar-refractivity contribution in [3.05, 3.63) is 52.9 Å². The van der Waals surface area contributed by atoms with E-state index in [1.165, 1.54) is 5.69 Å². The van der Waals surface area contributed by atoms with Crippen molar-refractivity contribution in [1.29, 1.82) is 0 Å². The summed E-state index contributed by atoms with van der Waals surface area (Å²) in [4.78, 5) is 12.0. The number of halogens is 1. The normalized spacial score (nSPS) is 15.0. The number of benzene rings is 1. The summed E-state index contributed by atoms with van der Waals surface area (Å²) in [5.74, 6) is 1.05. The minimum absolute atomic E-state index is 0.692. The molecule has 0 spiro atoms. The molecule has 2 aromatic heterocycles. The second-order valence-electron chi connectivity index (χ2n) is 6.30. The fourth-order valence-electron chi connectivity index (χ4n) is 3.44. The number of anilines is 1. The van der Waals surface area contributed by atoms with Gasteiger partial charge >= 0.3 is 0 Å². The monoisotopic (exact) mass is 355 g/mol. The first-order valence-electron chi connectivity index (χ1n) is 8.81. The average molecular weight is 356 g/mol. The lowest BCUT2D eigenvalue weighted by Gasteiger charge is -2.29. The van der Waals surface area contributed by atoms with E-state index in [-0.39, 0.29) is 0 Å². The van der Waals surface area contributed by atoms with Crippen LogP contribution in [-0.2, 0) is 13.0 Å². The van der Waals surface area contributed by atoms with Gasteiger partial charge < -0.3 is 14.8 Å². The average Bonchev–Trinajstić information content (AvgIpc) is 3.02. The first-order valence-corrected chi connectivity index (χ1v) is 9.19. The van der Waals surface area contributed by atoms with E-state index in [0.29, 0.717) is 6.54 Å². The number of rotatable bonds is 4. The third-order valence-corrected chi connectivity index (χ3v) is 5.12. The Morgan fingerprint density at radius 1 is 1.16 bits per heavy atom. The lowest BCUT2D eigenvalue weighted by molar-refractivity contribution is 0.590. The number of imidazole rings is 1. The summed E-state index contributed by atoms with van der Waals surface area (Å²) in [6.45, 7) is 6.83. The molecule has 0 bridgehead atoms. The van der Waals surface area contributed by atoms with Crippen LogP contribution in [0.4, 0.5) is 5.69 Å². The second-order valence-corrected chi connectivity index (χ2v) is 6.71. The summed E-state index contributed by atoms with van der Waals surface area (Å²) in [6.07, 6.45) is 2.76. The molecule has 0 unspecified atom stereocenters. The highest BCUT2D eigenvalue weighted by atomic mass is 35.5. The van der Waals surface area contributed by atoms with Crippen molar-refractivity contribution >= 4 is 28.5 Å². The Hall–Kier alpha value is -2.11. The summed E-state index contributed by atoms with van der Waals surface area (Å²) < 4.78 is 2.20. The van der Waals surface area contributed by atoms with Crippen LogP contribution in [0.2, 0.25) is 5.02 Å². The molecule has 1 N–H and O–H groups in total. The van der Waals surface area contributed by atoms with Crippen molar-refractivity contribution in [1.82, 2.24) is 19.9 Å². The number of nitrogens with one attached hydrogen (secondary N) is 1. The maximum absolute atomic E-state index is 6.37. The van der Waals surface area contributed by atoms with Gasteiger partial charge in [0, 0.05) is 43.8 Å². The van der Waals surface area contributed by atoms with Crippen molar-refractivity contribution in [2.24, 2.45) is 0 Å². The van der Waals surface area contributed by atoms with Gasteiger partial charge in [-0.2, -0.15) is 0 Å². The smallest absolute Gasteiger partial charge is 0.162 e. The molecule has 0 amide bonds. The van der Waals surface area contributed by atoms with Gasteiger partial charge in [-0.15, -0.1) is 0 Å². The maximum atomic E-state index is 6.37. The van der Waals surface area contributed by atoms with Crippen LogP contribution in [0.25, 0.3) is 11.2 Å². The molecule has 1 aromatic carbocycles. The van der Waals surface area contributed by atoms with E-state index in [4.69, 9.17) is 16.6 Å². The summed E-state index contributed by atoms with van der Waals surface area (Å²) in [5.41, 5.74) is 4.20. The molecule has 25 heavy (non-hydrogen) atoms. The standard InChI is InChI=1S/C19H22ClN5/c1-2-17-23-18-16(24-11-9-21-10-12-24)7-8-22-19(18)25(17)13-14-5-3-4-6-15(14)20/h3-8,21H,2,9-13H2,1H3. The van der Waals surface area contributed by atoms with Crippen molar-refractivity contribution in [2.75, 3.05) is 31.1 Å². The highest BCUT2D eigenvalue weighted by molar-refractivity contribution is 6.31. The fraction of sp³-hybridized carbons (Fsp3) is 0.368. The van der Waals surface area contributed by atoms with Gasteiger partial charge in [-0.1, -0.05) is 36.7 Å². The minimum Gasteiger partial charge on any atom is -0.367 e. The number of pyridine rings is 1. The Balaban J connectivity index is 1.80. The SMILES string of the molecule is CCc1nc2c(N3CCNCC3)ccnc2n1Cc1ccccc1Cl. The first-order chi connectivity index (χ1) is 12.3. The number of hydrogen-bond acceptors (Lipinski definition) is 4. The van der Waals surface area contributed by atoms with Crippen molar-refractivity contribution in [3.8, 4) is 0 Å². The number of fused-ring (bicyclic) bond motifs is 1. The predicted molar refractivity (Wildman–Crippen MR) is 103 cm³/mol.